The lowest BCUT2D eigenvalue weighted by atomic mass is 9.94. The molecule has 0 aliphatic carbocycles. The number of rotatable bonds is 5. The number of hydrogen-bond acceptors (Lipinski definition) is 5. The molecule has 3 atom stereocenters. The van der Waals surface area contributed by atoms with Gasteiger partial charge in [0.05, 0.1) is 11.0 Å². The van der Waals surface area contributed by atoms with Crippen LogP contribution in [-0.4, -0.2) is 67.9 Å². The molecule has 3 fully saturated rings. The Labute approximate surface area is 183 Å². The highest BCUT2D eigenvalue weighted by atomic mass is 32.2. The summed E-state index contributed by atoms with van der Waals surface area (Å²) in [4.78, 5) is 26.2. The van der Waals surface area contributed by atoms with E-state index in [1.165, 1.54) is 22.5 Å². The molecule has 0 bridgehead atoms. The summed E-state index contributed by atoms with van der Waals surface area (Å²) in [6.45, 7) is 5.60. The van der Waals surface area contributed by atoms with Crippen LogP contribution in [0.5, 0.6) is 0 Å². The predicted octanol–water partition coefficient (Wildman–Crippen LogP) is 1.74. The van der Waals surface area contributed by atoms with E-state index < -0.39 is 16.3 Å². The zero-order valence-electron chi connectivity index (χ0n) is 17.5. The molecule has 0 radical (unpaired) electrons. The van der Waals surface area contributed by atoms with Crippen molar-refractivity contribution in [2.75, 3.05) is 26.2 Å². The number of nitrogens with zero attached hydrogens (tertiary/aromatic N) is 2. The monoisotopic (exact) mass is 447 g/mol. The quantitative estimate of drug-likeness (QED) is 0.694. The van der Waals surface area contributed by atoms with Crippen LogP contribution in [0.2, 0.25) is 0 Å². The number of ether oxygens (including phenoxy) is 1. The average Bonchev–Trinajstić information content (AvgIpc) is 3.20. The van der Waals surface area contributed by atoms with Crippen molar-refractivity contribution >= 4 is 21.8 Å². The van der Waals surface area contributed by atoms with Crippen molar-refractivity contribution in [3.63, 3.8) is 0 Å². The van der Waals surface area contributed by atoms with Crippen LogP contribution < -0.4 is 5.32 Å². The second kappa shape index (κ2) is 9.10. The number of likely N-dealkylation sites (tertiary alicyclic amines) is 1. The molecule has 0 spiro atoms. The Morgan fingerprint density at radius 3 is 2.48 bits per heavy atom. The fourth-order valence-corrected chi connectivity index (χ4v) is 6.10. The van der Waals surface area contributed by atoms with Gasteiger partial charge in [-0.2, -0.15) is 4.31 Å². The van der Waals surface area contributed by atoms with Gasteiger partial charge in [-0.05, 0) is 68.4 Å². The van der Waals surface area contributed by atoms with Crippen LogP contribution in [0.25, 0.3) is 0 Å². The number of hydrogen-bond donors (Lipinski definition) is 1. The SMILES string of the molecule is C=CC(=O)NC1CC2CCN(S(=O)(=O)c3ccc(C(=O)N4CCCCC4)cc3)CC2O1. The van der Waals surface area contributed by atoms with E-state index in [-0.39, 0.29) is 35.3 Å². The molecular formula is C22H29N3O5S. The topological polar surface area (TPSA) is 96.0 Å². The predicted molar refractivity (Wildman–Crippen MR) is 115 cm³/mol. The van der Waals surface area contributed by atoms with E-state index in [2.05, 4.69) is 11.9 Å². The summed E-state index contributed by atoms with van der Waals surface area (Å²) in [7, 11) is -3.69. The minimum Gasteiger partial charge on any atom is -0.354 e. The first-order valence-electron chi connectivity index (χ1n) is 10.9. The van der Waals surface area contributed by atoms with Gasteiger partial charge in [-0.1, -0.05) is 6.58 Å². The summed E-state index contributed by atoms with van der Waals surface area (Å²) < 4.78 is 33.6. The van der Waals surface area contributed by atoms with Gasteiger partial charge in [0.25, 0.3) is 5.91 Å². The number of carbonyl (C=O) groups is 2. The highest BCUT2D eigenvalue weighted by molar-refractivity contribution is 7.89. The molecule has 3 saturated heterocycles. The van der Waals surface area contributed by atoms with Gasteiger partial charge in [-0.15, -0.1) is 0 Å². The zero-order valence-corrected chi connectivity index (χ0v) is 18.4. The van der Waals surface area contributed by atoms with E-state index in [4.69, 9.17) is 4.74 Å². The second-order valence-corrected chi connectivity index (χ2v) is 10.3. The second-order valence-electron chi connectivity index (χ2n) is 8.40. The maximum atomic E-state index is 13.2. The van der Waals surface area contributed by atoms with Crippen LogP contribution in [0.3, 0.4) is 0 Å². The van der Waals surface area contributed by atoms with Crippen LogP contribution in [0.15, 0.2) is 41.8 Å². The maximum absolute atomic E-state index is 13.2. The Kier molecular flexibility index (Phi) is 6.45. The lowest BCUT2D eigenvalue weighted by Crippen LogP contribution is -2.45. The standard InChI is InChI=1S/C22H29N3O5S/c1-2-20(26)23-21-14-17-10-13-25(15-19(17)30-21)31(28,29)18-8-6-16(7-9-18)22(27)24-11-4-3-5-12-24/h2,6-9,17,19,21H,1,3-5,10-15H2,(H,23,26). The molecule has 0 aromatic heterocycles. The van der Waals surface area contributed by atoms with Crippen LogP contribution in [-0.2, 0) is 19.6 Å². The van der Waals surface area contributed by atoms with Gasteiger partial charge in [-0.3, -0.25) is 9.59 Å². The minimum absolute atomic E-state index is 0.0450. The third-order valence-corrected chi connectivity index (χ3v) is 8.26. The summed E-state index contributed by atoms with van der Waals surface area (Å²) >= 11 is 0. The van der Waals surface area contributed by atoms with Gasteiger partial charge in [0.1, 0.15) is 6.23 Å². The van der Waals surface area contributed by atoms with E-state index in [9.17, 15) is 18.0 Å². The fourth-order valence-electron chi connectivity index (χ4n) is 4.63. The number of sulfonamides is 1. The highest BCUT2D eigenvalue weighted by Gasteiger charge is 2.42. The van der Waals surface area contributed by atoms with Crippen molar-refractivity contribution in [3.05, 3.63) is 42.5 Å². The van der Waals surface area contributed by atoms with E-state index >= 15 is 0 Å². The van der Waals surface area contributed by atoms with Crippen molar-refractivity contribution in [1.82, 2.24) is 14.5 Å². The number of piperidine rings is 2. The van der Waals surface area contributed by atoms with E-state index in [0.29, 0.717) is 24.9 Å². The molecule has 31 heavy (non-hydrogen) atoms. The fraction of sp³-hybridized carbons (Fsp3) is 0.545. The zero-order chi connectivity index (χ0) is 22.0. The number of fused-ring (bicyclic) bond motifs is 1. The molecule has 2 amide bonds. The molecule has 0 saturated carbocycles. The van der Waals surface area contributed by atoms with Crippen LogP contribution >= 0.6 is 0 Å². The number of nitrogens with one attached hydrogen (secondary N) is 1. The van der Waals surface area contributed by atoms with Gasteiger partial charge in [0, 0.05) is 31.7 Å². The molecule has 3 aliphatic rings. The smallest absolute Gasteiger partial charge is 0.253 e. The first kappa shape index (κ1) is 22.0. The number of benzene rings is 1. The first-order chi connectivity index (χ1) is 14.9. The third-order valence-electron chi connectivity index (χ3n) is 6.39. The Balaban J connectivity index is 1.41. The highest BCUT2D eigenvalue weighted by Crippen LogP contribution is 2.34. The van der Waals surface area contributed by atoms with E-state index in [1.54, 1.807) is 12.1 Å². The molecule has 3 aliphatic heterocycles. The molecule has 9 heteroatoms. The number of amides is 2. The Hall–Kier alpha value is -2.23. The largest absolute Gasteiger partial charge is 0.354 e. The van der Waals surface area contributed by atoms with Crippen molar-refractivity contribution in [2.45, 2.75) is 49.3 Å². The molecular weight excluding hydrogens is 418 g/mol. The van der Waals surface area contributed by atoms with E-state index in [1.807, 2.05) is 4.90 Å². The first-order valence-corrected chi connectivity index (χ1v) is 12.3. The summed E-state index contributed by atoms with van der Waals surface area (Å²) in [5.74, 6) is -0.130. The average molecular weight is 448 g/mol. The summed E-state index contributed by atoms with van der Waals surface area (Å²) in [5.41, 5.74) is 0.513. The van der Waals surface area contributed by atoms with Crippen LogP contribution in [0.4, 0.5) is 0 Å². The van der Waals surface area contributed by atoms with E-state index in [0.717, 1.165) is 32.4 Å². The summed E-state index contributed by atoms with van der Waals surface area (Å²) in [6.07, 6.45) is 5.04. The number of carbonyl (C=O) groups excluding carboxylic acids is 2. The molecule has 4 rings (SSSR count). The summed E-state index contributed by atoms with van der Waals surface area (Å²) in [5, 5.41) is 2.73. The molecule has 1 N–H and O–H groups in total. The molecule has 168 valence electrons. The normalized spacial score (nSPS) is 26.8. The lowest BCUT2D eigenvalue weighted by Gasteiger charge is -2.33. The molecule has 1 aromatic carbocycles. The Morgan fingerprint density at radius 2 is 1.81 bits per heavy atom. The minimum atomic E-state index is -3.69. The van der Waals surface area contributed by atoms with Crippen LogP contribution in [0, 0.1) is 5.92 Å². The summed E-state index contributed by atoms with van der Waals surface area (Å²) in [6, 6.07) is 6.23. The lowest BCUT2D eigenvalue weighted by molar-refractivity contribution is -0.120. The molecule has 8 nitrogen and oxygen atoms in total. The molecule has 1 aromatic rings. The Morgan fingerprint density at radius 1 is 1.10 bits per heavy atom. The van der Waals surface area contributed by atoms with Gasteiger partial charge in [0.15, 0.2) is 0 Å². The van der Waals surface area contributed by atoms with Gasteiger partial charge in [-0.25, -0.2) is 8.42 Å². The van der Waals surface area contributed by atoms with Crippen molar-refractivity contribution < 1.29 is 22.7 Å². The van der Waals surface area contributed by atoms with Gasteiger partial charge < -0.3 is 15.0 Å². The van der Waals surface area contributed by atoms with Crippen molar-refractivity contribution in [2.24, 2.45) is 5.92 Å². The van der Waals surface area contributed by atoms with Crippen LogP contribution in [0.1, 0.15) is 42.5 Å². The van der Waals surface area contributed by atoms with Gasteiger partial charge >= 0.3 is 0 Å². The maximum Gasteiger partial charge on any atom is 0.253 e. The molecule has 3 unspecified atom stereocenters. The van der Waals surface area contributed by atoms with Gasteiger partial charge in [0.2, 0.25) is 15.9 Å². The molecule has 3 heterocycles. The van der Waals surface area contributed by atoms with Crippen molar-refractivity contribution in [3.8, 4) is 0 Å². The van der Waals surface area contributed by atoms with Crippen molar-refractivity contribution in [1.29, 1.82) is 0 Å². The Bertz CT molecular complexity index is 940. The third kappa shape index (κ3) is 4.68.